The highest BCUT2D eigenvalue weighted by atomic mass is 16.5. The van der Waals surface area contributed by atoms with Crippen molar-refractivity contribution in [2.24, 2.45) is 5.92 Å². The summed E-state index contributed by atoms with van der Waals surface area (Å²) in [5.74, 6) is 0.773. The largest absolute Gasteiger partial charge is 0.497 e. The van der Waals surface area contributed by atoms with Gasteiger partial charge in [-0.05, 0) is 57.6 Å². The average molecular weight is 495 g/mol. The Morgan fingerprint density at radius 3 is 2.72 bits per heavy atom. The van der Waals surface area contributed by atoms with Crippen LogP contribution in [0, 0.1) is 5.92 Å². The van der Waals surface area contributed by atoms with Crippen LogP contribution < -0.4 is 26.0 Å². The van der Waals surface area contributed by atoms with Crippen LogP contribution in [0.3, 0.4) is 0 Å². The molecule has 0 fully saturated rings. The third kappa shape index (κ3) is 6.86. The third-order valence-electron chi connectivity index (χ3n) is 5.25. The molecule has 1 aromatic carbocycles. The second-order valence-corrected chi connectivity index (χ2v) is 8.99. The summed E-state index contributed by atoms with van der Waals surface area (Å²) >= 11 is 0. The lowest BCUT2D eigenvalue weighted by atomic mass is 10.1. The maximum absolute atomic E-state index is 12.6. The second kappa shape index (κ2) is 12.2. The Bertz CT molecular complexity index is 1270. The minimum atomic E-state index is -0.361. The molecule has 1 amide bonds. The number of hydrogen-bond acceptors (Lipinski definition) is 9. The number of ether oxygens (including phenoxy) is 1. The van der Waals surface area contributed by atoms with Crippen molar-refractivity contribution in [1.29, 1.82) is 0 Å². The van der Waals surface area contributed by atoms with E-state index in [1.807, 2.05) is 27.9 Å². The molecule has 0 unspecified atom stereocenters. The van der Waals surface area contributed by atoms with Crippen LogP contribution >= 0.6 is 0 Å². The van der Waals surface area contributed by atoms with Crippen LogP contribution in [-0.4, -0.2) is 65.0 Å². The van der Waals surface area contributed by atoms with E-state index in [9.17, 15) is 9.59 Å². The van der Waals surface area contributed by atoms with Crippen LogP contribution in [0.15, 0.2) is 41.8 Å². The molecule has 192 valence electrons. The van der Waals surface area contributed by atoms with Crippen molar-refractivity contribution in [1.82, 2.24) is 30.3 Å². The van der Waals surface area contributed by atoms with Gasteiger partial charge in [0, 0.05) is 12.6 Å². The first-order valence-corrected chi connectivity index (χ1v) is 11.8. The molecule has 0 saturated carbocycles. The summed E-state index contributed by atoms with van der Waals surface area (Å²) in [5, 5.41) is 4.48. The topological polar surface area (TPSA) is 128 Å². The smallest absolute Gasteiger partial charge is 0.271 e. The van der Waals surface area contributed by atoms with Crippen molar-refractivity contribution in [3.05, 3.63) is 53.1 Å². The van der Waals surface area contributed by atoms with Crippen molar-refractivity contribution in [2.75, 3.05) is 44.6 Å². The van der Waals surface area contributed by atoms with E-state index in [1.165, 1.54) is 6.08 Å². The van der Waals surface area contributed by atoms with Crippen LogP contribution in [-0.2, 0) is 11.2 Å². The summed E-state index contributed by atoms with van der Waals surface area (Å²) in [4.78, 5) is 43.2. The summed E-state index contributed by atoms with van der Waals surface area (Å²) in [6.45, 7) is 9.05. The zero-order valence-electron chi connectivity index (χ0n) is 21.5. The molecule has 0 bridgehead atoms. The first kappa shape index (κ1) is 26.8. The Labute approximate surface area is 210 Å². The van der Waals surface area contributed by atoms with Gasteiger partial charge in [-0.1, -0.05) is 20.4 Å². The van der Waals surface area contributed by atoms with Gasteiger partial charge in [0.05, 0.1) is 24.7 Å². The van der Waals surface area contributed by atoms with Gasteiger partial charge in [-0.3, -0.25) is 9.59 Å². The predicted molar refractivity (Wildman–Crippen MR) is 142 cm³/mol. The number of hydrogen-bond donors (Lipinski definition) is 3. The van der Waals surface area contributed by atoms with E-state index >= 15 is 0 Å². The Hall–Kier alpha value is -3.83. The average Bonchev–Trinajstić information content (AvgIpc) is 2.84. The highest BCUT2D eigenvalue weighted by Crippen LogP contribution is 2.33. The van der Waals surface area contributed by atoms with Gasteiger partial charge in [0.15, 0.2) is 5.65 Å². The quantitative estimate of drug-likeness (QED) is 0.198. The lowest BCUT2D eigenvalue weighted by Crippen LogP contribution is -2.37. The molecule has 0 saturated heterocycles. The van der Waals surface area contributed by atoms with E-state index in [0.29, 0.717) is 46.9 Å². The molecule has 0 spiro atoms. The number of aromatic amines is 1. The molecule has 3 aromatic rings. The summed E-state index contributed by atoms with van der Waals surface area (Å²) in [7, 11) is 5.58. The lowest BCUT2D eigenvalue weighted by Gasteiger charge is -2.26. The molecule has 0 aliphatic heterocycles. The fourth-order valence-electron chi connectivity index (χ4n) is 3.51. The molecule has 2 aromatic heterocycles. The van der Waals surface area contributed by atoms with Crippen LogP contribution in [0.5, 0.6) is 5.75 Å². The van der Waals surface area contributed by atoms with Gasteiger partial charge in [-0.15, -0.1) is 0 Å². The number of nitrogens with zero attached hydrogens (tertiary/aromatic N) is 5. The molecule has 3 N–H and O–H groups in total. The normalized spacial score (nSPS) is 11.2. The molecule has 36 heavy (non-hydrogen) atoms. The van der Waals surface area contributed by atoms with Gasteiger partial charge in [0.25, 0.3) is 5.56 Å². The minimum Gasteiger partial charge on any atom is -0.497 e. The first-order valence-electron chi connectivity index (χ1n) is 11.8. The maximum Gasteiger partial charge on any atom is 0.271 e. The Kier molecular flexibility index (Phi) is 9.09. The molecular formula is C25H34N8O3. The van der Waals surface area contributed by atoms with E-state index in [0.717, 1.165) is 13.0 Å². The molecule has 0 atom stereocenters. The number of carbonyl (C=O) groups excluding carboxylic acids is 1. The molecule has 3 rings (SSSR count). The fourth-order valence-corrected chi connectivity index (χ4v) is 3.51. The number of amides is 1. The van der Waals surface area contributed by atoms with Crippen molar-refractivity contribution < 1.29 is 9.53 Å². The van der Waals surface area contributed by atoms with Crippen molar-refractivity contribution in [3.63, 3.8) is 0 Å². The van der Waals surface area contributed by atoms with Crippen LogP contribution in [0.1, 0.15) is 26.0 Å². The lowest BCUT2D eigenvalue weighted by molar-refractivity contribution is -0.111. The number of aromatic nitrogens is 4. The molecule has 0 aliphatic rings. The standard InChI is InChI=1S/C25H34N8O3/c1-7-22(34)29-18-10-9-17(36-6)14-21(18)33(27-11-8-12-32(4)5)25-26-15-20-23(31-25)30-24(35)19(28-20)13-16(2)3/h7,9-10,14-16,27H,1,8,11-13H2,2-6H3,(H,29,34)(H,26,30,31,35). The highest BCUT2D eigenvalue weighted by Gasteiger charge is 2.20. The highest BCUT2D eigenvalue weighted by molar-refractivity contribution is 6.01. The van der Waals surface area contributed by atoms with E-state index in [1.54, 1.807) is 36.5 Å². The summed E-state index contributed by atoms with van der Waals surface area (Å²) < 4.78 is 5.42. The van der Waals surface area contributed by atoms with Crippen LogP contribution in [0.4, 0.5) is 17.3 Å². The van der Waals surface area contributed by atoms with Crippen molar-refractivity contribution in [2.45, 2.75) is 26.7 Å². The number of rotatable bonds is 12. The third-order valence-corrected chi connectivity index (χ3v) is 5.25. The Balaban J connectivity index is 2.08. The molecule has 0 radical (unpaired) electrons. The predicted octanol–water partition coefficient (Wildman–Crippen LogP) is 2.64. The number of H-pyrrole nitrogens is 1. The number of benzene rings is 1. The number of fused-ring (bicyclic) bond motifs is 1. The molecule has 11 nitrogen and oxygen atoms in total. The van der Waals surface area contributed by atoms with E-state index < -0.39 is 0 Å². The van der Waals surface area contributed by atoms with Gasteiger partial charge in [0.2, 0.25) is 11.9 Å². The van der Waals surface area contributed by atoms with Crippen LogP contribution in [0.2, 0.25) is 0 Å². The van der Waals surface area contributed by atoms with Gasteiger partial charge < -0.3 is 19.9 Å². The first-order chi connectivity index (χ1) is 17.2. The Morgan fingerprint density at radius 2 is 2.06 bits per heavy atom. The Morgan fingerprint density at radius 1 is 1.28 bits per heavy atom. The fraction of sp³-hybridized carbons (Fsp3) is 0.400. The van der Waals surface area contributed by atoms with Gasteiger partial charge in [0.1, 0.15) is 17.0 Å². The minimum absolute atomic E-state index is 0.267. The van der Waals surface area contributed by atoms with E-state index in [-0.39, 0.29) is 23.3 Å². The number of nitrogens with one attached hydrogen (secondary N) is 3. The van der Waals surface area contributed by atoms with Gasteiger partial charge in [-0.2, -0.15) is 4.98 Å². The summed E-state index contributed by atoms with van der Waals surface area (Å²) in [6.07, 6.45) is 4.17. The SMILES string of the molecule is C=CC(=O)Nc1ccc(OC)cc1N(NCCCN(C)C)c1ncc2nc(CC(C)C)c(=O)[nH]c2n1. The van der Waals surface area contributed by atoms with E-state index in [2.05, 4.69) is 42.2 Å². The zero-order valence-corrected chi connectivity index (χ0v) is 21.5. The van der Waals surface area contributed by atoms with Crippen LogP contribution in [0.25, 0.3) is 11.2 Å². The summed E-state index contributed by atoms with van der Waals surface area (Å²) in [6, 6.07) is 5.23. The van der Waals surface area contributed by atoms with Crippen molar-refractivity contribution >= 4 is 34.4 Å². The second-order valence-electron chi connectivity index (χ2n) is 8.99. The molecular weight excluding hydrogens is 460 g/mol. The summed E-state index contributed by atoms with van der Waals surface area (Å²) in [5.41, 5.74) is 5.39. The monoisotopic (exact) mass is 494 g/mol. The number of methoxy groups -OCH3 is 1. The van der Waals surface area contributed by atoms with Crippen molar-refractivity contribution in [3.8, 4) is 5.75 Å². The number of carbonyl (C=O) groups is 1. The zero-order chi connectivity index (χ0) is 26.2. The van der Waals surface area contributed by atoms with E-state index in [4.69, 9.17) is 4.74 Å². The maximum atomic E-state index is 12.6. The molecule has 11 heteroatoms. The number of hydrazine groups is 1. The van der Waals surface area contributed by atoms with Gasteiger partial charge in [-0.25, -0.2) is 20.4 Å². The molecule has 2 heterocycles. The number of anilines is 3. The van der Waals surface area contributed by atoms with Gasteiger partial charge >= 0.3 is 0 Å². The molecule has 0 aliphatic carbocycles.